The molecule has 0 aliphatic carbocycles. The topological polar surface area (TPSA) is 24.1 Å². The molecule has 1 fully saturated rings. The Bertz CT molecular complexity index is 337. The molecule has 2 nitrogen and oxygen atoms in total. The van der Waals surface area contributed by atoms with Crippen LogP contribution in [0.4, 0.5) is 0 Å². The quantitative estimate of drug-likeness (QED) is 0.583. The van der Waals surface area contributed by atoms with Gasteiger partial charge in [-0.1, -0.05) is 0 Å². The molecule has 3 rings (SSSR count). The minimum Gasteiger partial charge on any atom is -0.748 e. The fourth-order valence-electron chi connectivity index (χ4n) is 1.87. The van der Waals surface area contributed by atoms with E-state index in [0.717, 1.165) is 19.8 Å². The summed E-state index contributed by atoms with van der Waals surface area (Å²) in [5.74, 6) is 0.666. The molecule has 0 radical (unpaired) electrons. The molecule has 2 aromatic rings. The van der Waals surface area contributed by atoms with E-state index in [0.29, 0.717) is 5.92 Å². The average Bonchev–Trinajstić information content (AvgIpc) is 3.07. The van der Waals surface area contributed by atoms with Gasteiger partial charge >= 0.3 is 17.1 Å². The maximum Gasteiger partial charge on any atom is 2.00 e. The summed E-state index contributed by atoms with van der Waals surface area (Å²) in [7, 11) is 0. The van der Waals surface area contributed by atoms with Gasteiger partial charge < -0.3 is 41.0 Å². The van der Waals surface area contributed by atoms with E-state index in [1.165, 1.54) is 5.56 Å². The summed E-state index contributed by atoms with van der Waals surface area (Å²) in [6.07, 6.45) is 0. The Kier molecular flexibility index (Phi) is 14.9. The molecule has 2 N–H and O–H groups in total. The number of hydrogen-bond donors (Lipinski definition) is 2. The van der Waals surface area contributed by atoms with Crippen molar-refractivity contribution < 1.29 is 51.2 Å². The normalized spacial score (nSPS) is 13.9. The molecule has 0 bridgehead atoms. The number of rotatable bonds is 1. The predicted molar refractivity (Wildman–Crippen MR) is 67.7 cm³/mol. The zero-order valence-corrected chi connectivity index (χ0v) is 13.8. The van der Waals surface area contributed by atoms with E-state index in [-0.39, 0.29) is 51.2 Å². The molecule has 0 unspecified atom stereocenters. The first-order valence-corrected chi connectivity index (χ1v) is 5.76. The molecular formula is C14H18Fe3N2-4. The van der Waals surface area contributed by atoms with Gasteiger partial charge in [-0.3, -0.25) is 0 Å². The summed E-state index contributed by atoms with van der Waals surface area (Å²) in [5, 5.41) is 6.62. The van der Waals surface area contributed by atoms with Crippen LogP contribution in [0.25, 0.3) is 0 Å². The summed E-state index contributed by atoms with van der Waals surface area (Å²) >= 11 is 0. The molecule has 0 aromatic heterocycles. The second-order valence-electron chi connectivity index (χ2n) is 3.96. The van der Waals surface area contributed by atoms with E-state index in [1.54, 1.807) is 0 Å². The van der Waals surface area contributed by atoms with E-state index < -0.39 is 0 Å². The first kappa shape index (κ1) is 21.5. The minimum absolute atomic E-state index is 0. The Labute approximate surface area is 147 Å². The predicted octanol–water partition coefficient (Wildman–Crippen LogP) is 2.04. The van der Waals surface area contributed by atoms with Crippen LogP contribution in [0.1, 0.15) is 11.5 Å². The van der Waals surface area contributed by atoms with E-state index >= 15 is 0 Å². The van der Waals surface area contributed by atoms with Crippen LogP contribution in [0.2, 0.25) is 0 Å². The zero-order valence-electron chi connectivity index (χ0n) is 10.5. The van der Waals surface area contributed by atoms with E-state index in [2.05, 4.69) is 34.9 Å². The van der Waals surface area contributed by atoms with Crippen LogP contribution in [0.3, 0.4) is 0 Å². The van der Waals surface area contributed by atoms with Crippen molar-refractivity contribution >= 4 is 0 Å². The summed E-state index contributed by atoms with van der Waals surface area (Å²) < 4.78 is 0. The molecule has 0 atom stereocenters. The maximum absolute atomic E-state index is 3.31. The molecule has 5 heteroatoms. The minimum atomic E-state index is 0. The van der Waals surface area contributed by atoms with Gasteiger partial charge in [-0.2, -0.15) is 17.7 Å². The van der Waals surface area contributed by atoms with Crippen molar-refractivity contribution in [2.75, 3.05) is 19.8 Å². The largest absolute Gasteiger partial charge is 2.00 e. The van der Waals surface area contributed by atoms with Crippen LogP contribution < -0.4 is 10.6 Å². The van der Waals surface area contributed by atoms with Crippen molar-refractivity contribution in [1.82, 2.24) is 10.6 Å². The van der Waals surface area contributed by atoms with Crippen molar-refractivity contribution in [3.8, 4) is 0 Å². The molecule has 1 aliphatic rings. The van der Waals surface area contributed by atoms with Gasteiger partial charge in [0.1, 0.15) is 0 Å². The van der Waals surface area contributed by atoms with Crippen molar-refractivity contribution in [1.29, 1.82) is 0 Å². The van der Waals surface area contributed by atoms with Crippen molar-refractivity contribution in [3.05, 3.63) is 60.2 Å². The summed E-state index contributed by atoms with van der Waals surface area (Å²) in [5.41, 5.74) is 1.45. The van der Waals surface area contributed by atoms with Crippen LogP contribution in [-0.4, -0.2) is 19.8 Å². The molecular weight excluding hydrogens is 364 g/mol. The van der Waals surface area contributed by atoms with Gasteiger partial charge in [0.05, 0.1) is 0 Å². The Morgan fingerprint density at radius 1 is 0.842 bits per heavy atom. The van der Waals surface area contributed by atoms with Gasteiger partial charge in [0, 0.05) is 40.8 Å². The van der Waals surface area contributed by atoms with Crippen molar-refractivity contribution in [2.24, 2.45) is 0 Å². The molecule has 2 aromatic carbocycles. The van der Waals surface area contributed by atoms with Gasteiger partial charge in [-0.25, -0.2) is 12.1 Å². The van der Waals surface area contributed by atoms with Crippen LogP contribution in [0.15, 0.2) is 54.6 Å². The van der Waals surface area contributed by atoms with Crippen LogP contribution >= 0.6 is 0 Å². The Hall–Kier alpha value is 0.178. The molecule has 0 spiro atoms. The fraction of sp³-hybridized carbons (Fsp3) is 0.286. The molecule has 1 heterocycles. The molecule has 0 amide bonds. The second kappa shape index (κ2) is 13.2. The average molecular weight is 382 g/mol. The molecule has 1 saturated heterocycles. The Morgan fingerprint density at radius 3 is 1.68 bits per heavy atom. The van der Waals surface area contributed by atoms with Gasteiger partial charge in [0.15, 0.2) is 0 Å². The second-order valence-corrected chi connectivity index (χ2v) is 3.96. The van der Waals surface area contributed by atoms with Crippen LogP contribution in [-0.2, 0) is 51.2 Å². The van der Waals surface area contributed by atoms with E-state index in [1.807, 2.05) is 30.3 Å². The first-order valence-electron chi connectivity index (χ1n) is 5.76. The Balaban J connectivity index is 0. The smallest absolute Gasteiger partial charge is 0.748 e. The summed E-state index contributed by atoms with van der Waals surface area (Å²) in [6.45, 7) is 3.17. The molecule has 19 heavy (non-hydrogen) atoms. The molecule has 112 valence electrons. The van der Waals surface area contributed by atoms with Crippen molar-refractivity contribution in [3.63, 3.8) is 0 Å². The van der Waals surface area contributed by atoms with Gasteiger partial charge in [-0.15, -0.1) is 0 Å². The third-order valence-electron chi connectivity index (χ3n) is 2.75. The third-order valence-corrected chi connectivity index (χ3v) is 2.75. The first-order chi connectivity index (χ1) is 7.97. The van der Waals surface area contributed by atoms with E-state index in [9.17, 15) is 0 Å². The number of hydrogen-bond acceptors (Lipinski definition) is 2. The fourth-order valence-corrected chi connectivity index (χ4v) is 1.87. The third kappa shape index (κ3) is 8.14. The van der Waals surface area contributed by atoms with Gasteiger partial charge in [0.2, 0.25) is 0 Å². The molecule has 1 aliphatic heterocycles. The van der Waals surface area contributed by atoms with Crippen molar-refractivity contribution in [2.45, 2.75) is 5.92 Å². The SMILES string of the molecule is [Fe+2].[Fe].[Fe].[cH-]1[cH-][cH-][cH-][cH-]1.c1cc[c-](C2CNCNC2)c1. The summed E-state index contributed by atoms with van der Waals surface area (Å²) in [6, 6.07) is 18.6. The number of nitrogens with one attached hydrogen (secondary N) is 2. The van der Waals surface area contributed by atoms with Gasteiger partial charge in [-0.05, 0) is 19.0 Å². The van der Waals surface area contributed by atoms with Gasteiger partial charge in [0.25, 0.3) is 0 Å². The van der Waals surface area contributed by atoms with E-state index in [4.69, 9.17) is 0 Å². The molecule has 0 saturated carbocycles. The maximum atomic E-state index is 3.31. The standard InChI is InChI=1S/C9H13N2.C5H5.3Fe/c1-2-4-8(3-1)9-5-10-7-11-6-9;1-2-4-5-3-1;;;/h1-4,9-11H,5-7H2;1-5H;;;/q-1;-5;;;+2. The van der Waals surface area contributed by atoms with Crippen LogP contribution in [0, 0.1) is 0 Å². The zero-order chi connectivity index (χ0) is 11.1. The Morgan fingerprint density at radius 2 is 1.26 bits per heavy atom. The monoisotopic (exact) mass is 382 g/mol. The summed E-state index contributed by atoms with van der Waals surface area (Å²) in [4.78, 5) is 0. The van der Waals surface area contributed by atoms with Crippen LogP contribution in [0.5, 0.6) is 0 Å².